The summed E-state index contributed by atoms with van der Waals surface area (Å²) in [5.74, 6) is 0. The molecule has 0 N–H and O–H groups in total. The predicted octanol–water partition coefficient (Wildman–Crippen LogP) is 0.172. The Balaban J connectivity index is 1.45. The largest absolute Gasteiger partial charge is 0.369 e. The van der Waals surface area contributed by atoms with E-state index >= 15 is 0 Å². The first-order chi connectivity index (χ1) is 9.83. The summed E-state index contributed by atoms with van der Waals surface area (Å²) < 4.78 is 30.3. The second kappa shape index (κ2) is 4.24. The summed E-state index contributed by atoms with van der Waals surface area (Å²) >= 11 is 0. The predicted molar refractivity (Wildman–Crippen MR) is 64.0 cm³/mol. The molecule has 0 amide bonds. The Bertz CT molecular complexity index is 428. The molecule has 6 aliphatic rings. The van der Waals surface area contributed by atoms with Crippen molar-refractivity contribution in [2.24, 2.45) is 0 Å². The summed E-state index contributed by atoms with van der Waals surface area (Å²) in [5, 5.41) is 0. The molecule has 6 aliphatic heterocycles. The van der Waals surface area contributed by atoms with Crippen LogP contribution in [0, 0.1) is 0 Å². The number of ether oxygens (including phenoxy) is 5. The third-order valence-electron chi connectivity index (χ3n) is 5.22. The summed E-state index contributed by atoms with van der Waals surface area (Å²) in [6, 6.07) is 0. The van der Waals surface area contributed by atoms with Crippen LogP contribution in [0.2, 0.25) is 0 Å². The number of hydrogen-bond donors (Lipinski definition) is 0. The fourth-order valence-corrected chi connectivity index (χ4v) is 4.36. The molecule has 0 aromatic rings. The van der Waals surface area contributed by atoms with Crippen molar-refractivity contribution in [3.05, 3.63) is 0 Å². The third-order valence-corrected chi connectivity index (χ3v) is 5.22. The molecule has 9 atom stereocenters. The maximum absolute atomic E-state index is 10.7. The minimum absolute atomic E-state index is 0.0173. The van der Waals surface area contributed by atoms with Crippen molar-refractivity contribution in [3.8, 4) is 0 Å². The standard InChI is InChI=1S/C14H18O6/c15-4-3-6-1-2-7-10(16-6)13-14-12(17-7)11-8(18-14)5-9(19-11)20-13/h4,6-14H,1-3,5H2. The Labute approximate surface area is 116 Å². The Hall–Kier alpha value is -0.530. The fraction of sp³-hybridized carbons (Fsp3) is 0.929. The minimum atomic E-state index is -0.192. The lowest BCUT2D eigenvalue weighted by Gasteiger charge is -2.46. The van der Waals surface area contributed by atoms with Gasteiger partial charge < -0.3 is 28.5 Å². The summed E-state index contributed by atoms with van der Waals surface area (Å²) in [7, 11) is 0. The Kier molecular flexibility index (Phi) is 2.56. The molecule has 6 heterocycles. The number of hydrogen-bond acceptors (Lipinski definition) is 6. The van der Waals surface area contributed by atoms with Gasteiger partial charge >= 0.3 is 0 Å². The van der Waals surface area contributed by atoms with Crippen LogP contribution in [0.5, 0.6) is 0 Å². The van der Waals surface area contributed by atoms with Gasteiger partial charge in [0.05, 0.1) is 18.3 Å². The van der Waals surface area contributed by atoms with Crippen molar-refractivity contribution in [2.45, 2.75) is 80.8 Å². The molecule has 0 aliphatic carbocycles. The molecule has 6 heteroatoms. The molecule has 0 aromatic carbocycles. The van der Waals surface area contributed by atoms with Gasteiger partial charge in [0.1, 0.15) is 36.8 Å². The maximum atomic E-state index is 10.7. The van der Waals surface area contributed by atoms with E-state index in [-0.39, 0.29) is 55.1 Å². The second-order valence-electron chi connectivity index (χ2n) is 6.35. The van der Waals surface area contributed by atoms with Crippen LogP contribution in [0.4, 0.5) is 0 Å². The monoisotopic (exact) mass is 282 g/mol. The minimum Gasteiger partial charge on any atom is -0.369 e. The molecule has 6 saturated heterocycles. The topological polar surface area (TPSA) is 63.2 Å². The van der Waals surface area contributed by atoms with Gasteiger partial charge in [-0.3, -0.25) is 0 Å². The van der Waals surface area contributed by atoms with Crippen molar-refractivity contribution < 1.29 is 28.5 Å². The van der Waals surface area contributed by atoms with Gasteiger partial charge in [0.2, 0.25) is 0 Å². The van der Waals surface area contributed by atoms with E-state index in [0.717, 1.165) is 25.5 Å². The molecule has 0 spiro atoms. The molecule has 6 rings (SSSR count). The first-order valence-corrected chi connectivity index (χ1v) is 7.54. The second-order valence-corrected chi connectivity index (χ2v) is 6.35. The first-order valence-electron chi connectivity index (χ1n) is 7.54. The summed E-state index contributed by atoms with van der Waals surface area (Å²) in [6.07, 6.45) is 3.49. The molecule has 0 aromatic heterocycles. The van der Waals surface area contributed by atoms with Gasteiger partial charge in [-0.15, -0.1) is 0 Å². The van der Waals surface area contributed by atoms with Crippen molar-refractivity contribution in [2.75, 3.05) is 0 Å². The highest BCUT2D eigenvalue weighted by Gasteiger charge is 2.64. The average Bonchev–Trinajstić information content (AvgIpc) is 2.85. The van der Waals surface area contributed by atoms with E-state index in [2.05, 4.69) is 0 Å². The van der Waals surface area contributed by atoms with Gasteiger partial charge in [-0.05, 0) is 12.8 Å². The van der Waals surface area contributed by atoms with Crippen LogP contribution in [-0.2, 0) is 28.5 Å². The van der Waals surface area contributed by atoms with Crippen molar-refractivity contribution in [1.29, 1.82) is 0 Å². The lowest BCUT2D eigenvalue weighted by molar-refractivity contribution is -0.264. The molecular formula is C14H18O6. The summed E-state index contributed by atoms with van der Waals surface area (Å²) in [6.45, 7) is 0. The van der Waals surface area contributed by atoms with Crippen molar-refractivity contribution >= 4 is 6.29 Å². The van der Waals surface area contributed by atoms with E-state index < -0.39 is 0 Å². The molecule has 110 valence electrons. The van der Waals surface area contributed by atoms with Gasteiger partial charge in [-0.2, -0.15) is 0 Å². The average molecular weight is 282 g/mol. The van der Waals surface area contributed by atoms with Crippen LogP contribution < -0.4 is 0 Å². The van der Waals surface area contributed by atoms with Crippen molar-refractivity contribution in [1.82, 2.24) is 0 Å². The highest BCUT2D eigenvalue weighted by atomic mass is 16.8. The zero-order valence-corrected chi connectivity index (χ0v) is 11.1. The number of carbonyl (C=O) groups excluding carboxylic acids is 1. The van der Waals surface area contributed by atoms with Gasteiger partial charge in [0.25, 0.3) is 0 Å². The molecular weight excluding hydrogens is 264 g/mol. The first kappa shape index (κ1) is 12.1. The Morgan fingerprint density at radius 2 is 1.50 bits per heavy atom. The van der Waals surface area contributed by atoms with E-state index in [1.807, 2.05) is 0 Å². The SMILES string of the molecule is O=CCC1CCC2OC3C4OC5CC4OC3C(O5)C2O1. The van der Waals surface area contributed by atoms with Gasteiger partial charge in [-0.25, -0.2) is 0 Å². The molecule has 6 bridgehead atoms. The van der Waals surface area contributed by atoms with Crippen LogP contribution in [0.15, 0.2) is 0 Å². The van der Waals surface area contributed by atoms with Crippen LogP contribution in [-0.4, -0.2) is 61.4 Å². The summed E-state index contributed by atoms with van der Waals surface area (Å²) in [4.78, 5) is 10.7. The van der Waals surface area contributed by atoms with Crippen LogP contribution in [0.25, 0.3) is 0 Å². The molecule has 6 nitrogen and oxygen atoms in total. The highest BCUT2D eigenvalue weighted by Crippen LogP contribution is 2.48. The Morgan fingerprint density at radius 1 is 0.800 bits per heavy atom. The lowest BCUT2D eigenvalue weighted by Crippen LogP contribution is -2.61. The van der Waals surface area contributed by atoms with Gasteiger partial charge in [0, 0.05) is 12.8 Å². The molecule has 0 radical (unpaired) electrons. The number of rotatable bonds is 2. The smallest absolute Gasteiger partial charge is 0.161 e. The zero-order valence-electron chi connectivity index (χ0n) is 11.1. The summed E-state index contributed by atoms with van der Waals surface area (Å²) in [5.41, 5.74) is 0. The molecule has 20 heavy (non-hydrogen) atoms. The maximum Gasteiger partial charge on any atom is 0.161 e. The van der Waals surface area contributed by atoms with Gasteiger partial charge in [0.15, 0.2) is 6.29 Å². The quantitative estimate of drug-likeness (QED) is 0.673. The number of aldehydes is 1. The fourth-order valence-electron chi connectivity index (χ4n) is 4.36. The number of fused-ring (bicyclic) bond motifs is 1. The van der Waals surface area contributed by atoms with E-state index in [1.165, 1.54) is 0 Å². The van der Waals surface area contributed by atoms with E-state index in [4.69, 9.17) is 23.7 Å². The van der Waals surface area contributed by atoms with Gasteiger partial charge in [-0.1, -0.05) is 0 Å². The molecule has 0 saturated carbocycles. The third kappa shape index (κ3) is 1.54. The lowest BCUT2D eigenvalue weighted by atomic mass is 9.87. The van der Waals surface area contributed by atoms with Crippen LogP contribution in [0.3, 0.4) is 0 Å². The van der Waals surface area contributed by atoms with Crippen LogP contribution in [0.1, 0.15) is 25.7 Å². The van der Waals surface area contributed by atoms with E-state index in [9.17, 15) is 4.79 Å². The van der Waals surface area contributed by atoms with Crippen LogP contribution >= 0.6 is 0 Å². The Morgan fingerprint density at radius 3 is 2.40 bits per heavy atom. The van der Waals surface area contributed by atoms with E-state index in [0.29, 0.717) is 6.42 Å². The molecule has 6 fully saturated rings. The highest BCUT2D eigenvalue weighted by molar-refractivity contribution is 5.50. The van der Waals surface area contributed by atoms with Crippen molar-refractivity contribution in [3.63, 3.8) is 0 Å². The number of carbonyl (C=O) groups is 1. The molecule has 9 unspecified atom stereocenters. The van der Waals surface area contributed by atoms with E-state index in [1.54, 1.807) is 0 Å². The normalized spacial score (nSPS) is 59.3. The zero-order chi connectivity index (χ0) is 13.3.